The van der Waals surface area contributed by atoms with E-state index in [1.54, 1.807) is 0 Å². The van der Waals surface area contributed by atoms with E-state index in [9.17, 15) is 0 Å². The molecule has 0 aliphatic heterocycles. The van der Waals surface area contributed by atoms with Crippen LogP contribution in [0.3, 0.4) is 0 Å². The minimum atomic E-state index is 0. The van der Waals surface area contributed by atoms with Gasteiger partial charge in [0.15, 0.2) is 0 Å². The van der Waals surface area contributed by atoms with Crippen LogP contribution in [0.25, 0.3) is 28.1 Å². The quantitative estimate of drug-likeness (QED) is 0.402. The molecular formula is C19H13IrN2+2. The molecule has 0 aliphatic rings. The molecule has 3 heteroatoms. The third-order valence-electron chi connectivity index (χ3n) is 3.53. The largest absolute Gasteiger partial charge is 3.00 e. The van der Waals surface area contributed by atoms with Gasteiger partial charge in [0.1, 0.15) is 5.82 Å². The van der Waals surface area contributed by atoms with Crippen LogP contribution in [0.4, 0.5) is 0 Å². The SMILES string of the molecule is [Ir+3].[c-]1cccc2c1nc(-c1ccccc1)n2-c1ccccc1. The standard InChI is InChI=1S/C19H13N2.Ir/c1-3-9-15(10-4-1)19-20-17-13-7-8-14-18(17)21(19)16-11-5-2-6-12-16;/h1-12,14H;/q-1;+3. The minimum Gasteiger partial charge on any atom is -0.348 e. The van der Waals surface area contributed by atoms with Crippen LogP contribution >= 0.6 is 0 Å². The Hall–Kier alpha value is -2.22. The van der Waals surface area contributed by atoms with Gasteiger partial charge in [-0.15, -0.1) is 6.07 Å². The summed E-state index contributed by atoms with van der Waals surface area (Å²) in [6.45, 7) is 0. The number of nitrogens with zero attached hydrogens (tertiary/aromatic N) is 2. The van der Waals surface area contributed by atoms with Crippen molar-refractivity contribution in [2.24, 2.45) is 0 Å². The van der Waals surface area contributed by atoms with E-state index in [4.69, 9.17) is 4.98 Å². The maximum atomic E-state index is 4.77. The van der Waals surface area contributed by atoms with Crippen molar-refractivity contribution in [3.8, 4) is 17.1 Å². The number of para-hydroxylation sites is 2. The van der Waals surface area contributed by atoms with Gasteiger partial charge in [0.2, 0.25) is 0 Å². The molecule has 0 amide bonds. The third kappa shape index (κ3) is 2.50. The summed E-state index contributed by atoms with van der Waals surface area (Å²) in [6, 6.07) is 29.8. The average Bonchev–Trinajstić information content (AvgIpc) is 2.96. The summed E-state index contributed by atoms with van der Waals surface area (Å²) in [5.74, 6) is 0.944. The predicted molar refractivity (Wildman–Crippen MR) is 85.3 cm³/mol. The Morgan fingerprint density at radius 2 is 1.45 bits per heavy atom. The first kappa shape index (κ1) is 14.7. The van der Waals surface area contributed by atoms with Gasteiger partial charge in [-0.05, 0) is 23.2 Å². The molecule has 2 nitrogen and oxygen atoms in total. The van der Waals surface area contributed by atoms with Crippen molar-refractivity contribution >= 4 is 11.0 Å². The smallest absolute Gasteiger partial charge is 0.348 e. The molecule has 106 valence electrons. The maximum absolute atomic E-state index is 4.77. The summed E-state index contributed by atoms with van der Waals surface area (Å²) in [5, 5.41) is 0. The van der Waals surface area contributed by atoms with Crippen LogP contribution in [-0.2, 0) is 20.1 Å². The second kappa shape index (κ2) is 6.27. The van der Waals surface area contributed by atoms with Crippen molar-refractivity contribution in [2.75, 3.05) is 0 Å². The Balaban J connectivity index is 0.00000144. The monoisotopic (exact) mass is 462 g/mol. The van der Waals surface area contributed by atoms with Crippen LogP contribution in [-0.4, -0.2) is 9.55 Å². The fourth-order valence-electron chi connectivity index (χ4n) is 2.58. The number of aromatic nitrogens is 2. The molecule has 0 N–H and O–H groups in total. The first-order chi connectivity index (χ1) is 10.4. The van der Waals surface area contributed by atoms with Crippen LogP contribution < -0.4 is 0 Å². The van der Waals surface area contributed by atoms with E-state index in [2.05, 4.69) is 41.0 Å². The molecule has 4 rings (SSSR count). The van der Waals surface area contributed by atoms with Crippen molar-refractivity contribution in [1.29, 1.82) is 0 Å². The Bertz CT molecular complexity index is 883. The minimum absolute atomic E-state index is 0. The van der Waals surface area contributed by atoms with E-state index in [0.29, 0.717) is 0 Å². The first-order valence-electron chi connectivity index (χ1n) is 6.93. The van der Waals surface area contributed by atoms with Gasteiger partial charge in [0, 0.05) is 11.3 Å². The van der Waals surface area contributed by atoms with Gasteiger partial charge >= 0.3 is 20.1 Å². The maximum Gasteiger partial charge on any atom is 3.00 e. The molecule has 0 unspecified atom stereocenters. The van der Waals surface area contributed by atoms with Crippen LogP contribution in [0.5, 0.6) is 0 Å². The van der Waals surface area contributed by atoms with Gasteiger partial charge in [0.25, 0.3) is 0 Å². The molecule has 0 saturated carbocycles. The molecule has 22 heavy (non-hydrogen) atoms. The molecule has 0 saturated heterocycles. The fraction of sp³-hybridized carbons (Fsp3) is 0. The summed E-state index contributed by atoms with van der Waals surface area (Å²) >= 11 is 0. The molecule has 4 aromatic rings. The zero-order chi connectivity index (χ0) is 14.1. The zero-order valence-electron chi connectivity index (χ0n) is 11.7. The molecular weight excluding hydrogens is 448 g/mol. The van der Waals surface area contributed by atoms with E-state index in [-0.39, 0.29) is 20.1 Å². The number of imidazole rings is 1. The van der Waals surface area contributed by atoms with Gasteiger partial charge in [-0.25, -0.2) is 0 Å². The molecule has 0 spiro atoms. The molecule has 0 aliphatic carbocycles. The number of hydrogen-bond acceptors (Lipinski definition) is 1. The number of fused-ring (bicyclic) bond motifs is 1. The number of rotatable bonds is 2. The van der Waals surface area contributed by atoms with E-state index < -0.39 is 0 Å². The van der Waals surface area contributed by atoms with E-state index >= 15 is 0 Å². The number of hydrogen-bond donors (Lipinski definition) is 0. The van der Waals surface area contributed by atoms with Gasteiger partial charge in [-0.2, -0.15) is 18.2 Å². The Morgan fingerprint density at radius 3 is 2.18 bits per heavy atom. The van der Waals surface area contributed by atoms with Gasteiger partial charge < -0.3 is 4.57 Å². The van der Waals surface area contributed by atoms with E-state index in [1.807, 2.05) is 48.5 Å². The normalized spacial score (nSPS) is 10.4. The molecule has 0 radical (unpaired) electrons. The topological polar surface area (TPSA) is 17.8 Å². The summed E-state index contributed by atoms with van der Waals surface area (Å²) < 4.78 is 2.18. The zero-order valence-corrected chi connectivity index (χ0v) is 14.1. The Kier molecular flexibility index (Phi) is 4.19. The summed E-state index contributed by atoms with van der Waals surface area (Å²) in [7, 11) is 0. The Morgan fingerprint density at radius 1 is 0.773 bits per heavy atom. The fourth-order valence-corrected chi connectivity index (χ4v) is 2.58. The second-order valence-electron chi connectivity index (χ2n) is 4.88. The summed E-state index contributed by atoms with van der Waals surface area (Å²) in [6.07, 6.45) is 0. The number of benzene rings is 3. The predicted octanol–water partition coefficient (Wildman–Crippen LogP) is 4.49. The van der Waals surface area contributed by atoms with Gasteiger partial charge in [0.05, 0.1) is 0 Å². The van der Waals surface area contributed by atoms with Crippen LogP contribution in [0.1, 0.15) is 0 Å². The molecule has 1 aromatic heterocycles. The van der Waals surface area contributed by atoms with Crippen molar-refractivity contribution in [1.82, 2.24) is 9.55 Å². The third-order valence-corrected chi connectivity index (χ3v) is 3.53. The van der Waals surface area contributed by atoms with Crippen LogP contribution in [0.2, 0.25) is 0 Å². The first-order valence-corrected chi connectivity index (χ1v) is 6.93. The van der Waals surface area contributed by atoms with Gasteiger partial charge in [-0.1, -0.05) is 48.5 Å². The van der Waals surface area contributed by atoms with Crippen molar-refractivity contribution in [3.05, 3.63) is 84.9 Å². The van der Waals surface area contributed by atoms with Crippen molar-refractivity contribution in [2.45, 2.75) is 0 Å². The van der Waals surface area contributed by atoms with Crippen molar-refractivity contribution in [3.63, 3.8) is 0 Å². The molecule has 0 bridgehead atoms. The van der Waals surface area contributed by atoms with E-state index in [0.717, 1.165) is 28.1 Å². The molecule has 0 fully saturated rings. The average molecular weight is 462 g/mol. The summed E-state index contributed by atoms with van der Waals surface area (Å²) in [4.78, 5) is 4.77. The summed E-state index contributed by atoms with van der Waals surface area (Å²) in [5.41, 5.74) is 4.17. The second-order valence-corrected chi connectivity index (χ2v) is 4.88. The molecule has 3 aromatic carbocycles. The Labute approximate surface area is 142 Å². The molecule has 1 heterocycles. The van der Waals surface area contributed by atoms with Gasteiger partial charge in [-0.3, -0.25) is 4.98 Å². The van der Waals surface area contributed by atoms with Crippen LogP contribution in [0, 0.1) is 6.07 Å². The molecule has 0 atom stereocenters. The van der Waals surface area contributed by atoms with Crippen LogP contribution in [0.15, 0.2) is 78.9 Å². The van der Waals surface area contributed by atoms with Crippen molar-refractivity contribution < 1.29 is 20.1 Å². The van der Waals surface area contributed by atoms with E-state index in [1.165, 1.54) is 0 Å².